The maximum absolute atomic E-state index is 4.13. The summed E-state index contributed by atoms with van der Waals surface area (Å²) in [4.78, 5) is 0. The number of allylic oxidation sites excluding steroid dienone is 3. The molecule has 15 heavy (non-hydrogen) atoms. The number of hydrogen-bond donors (Lipinski definition) is 1. The number of rotatable bonds is 5. The largest absolute Gasteiger partial charge is 0.389 e. The Kier molecular flexibility index (Phi) is 4.44. The molecule has 0 heterocycles. The van der Waals surface area contributed by atoms with Gasteiger partial charge in [-0.1, -0.05) is 31.1 Å². The first-order chi connectivity index (χ1) is 7.14. The SMILES string of the molecule is C=C(CC1(/C(C)=C/C)CCCC1)NCC. The zero-order valence-corrected chi connectivity index (χ0v) is 10.5. The van der Waals surface area contributed by atoms with E-state index in [1.165, 1.54) is 31.4 Å². The fourth-order valence-corrected chi connectivity index (χ4v) is 2.79. The minimum absolute atomic E-state index is 0.425. The molecular weight excluding hydrogens is 182 g/mol. The van der Waals surface area contributed by atoms with E-state index in [-0.39, 0.29) is 0 Å². The van der Waals surface area contributed by atoms with E-state index >= 15 is 0 Å². The van der Waals surface area contributed by atoms with E-state index in [1.54, 1.807) is 5.57 Å². The second kappa shape index (κ2) is 5.39. The van der Waals surface area contributed by atoms with E-state index in [2.05, 4.69) is 38.7 Å². The lowest BCUT2D eigenvalue weighted by molar-refractivity contribution is 0.355. The topological polar surface area (TPSA) is 12.0 Å². The maximum atomic E-state index is 4.13. The second-order valence-corrected chi connectivity index (χ2v) is 4.77. The van der Waals surface area contributed by atoms with Crippen molar-refractivity contribution in [3.63, 3.8) is 0 Å². The average molecular weight is 207 g/mol. The molecule has 1 N–H and O–H groups in total. The monoisotopic (exact) mass is 207 g/mol. The Morgan fingerprint density at radius 1 is 1.40 bits per heavy atom. The van der Waals surface area contributed by atoms with Crippen LogP contribution in [0.3, 0.4) is 0 Å². The van der Waals surface area contributed by atoms with Crippen LogP contribution >= 0.6 is 0 Å². The van der Waals surface area contributed by atoms with Crippen LogP contribution in [-0.4, -0.2) is 6.54 Å². The lowest BCUT2D eigenvalue weighted by Gasteiger charge is -2.31. The molecule has 0 spiro atoms. The van der Waals surface area contributed by atoms with E-state index in [4.69, 9.17) is 0 Å². The Bertz CT molecular complexity index is 244. The summed E-state index contributed by atoms with van der Waals surface area (Å²) >= 11 is 0. The van der Waals surface area contributed by atoms with Gasteiger partial charge in [0.15, 0.2) is 0 Å². The molecule has 0 saturated heterocycles. The van der Waals surface area contributed by atoms with Gasteiger partial charge in [-0.2, -0.15) is 0 Å². The van der Waals surface area contributed by atoms with Gasteiger partial charge in [0.25, 0.3) is 0 Å². The Balaban J connectivity index is 2.70. The molecule has 1 nitrogen and oxygen atoms in total. The van der Waals surface area contributed by atoms with Gasteiger partial charge in [0, 0.05) is 12.2 Å². The summed E-state index contributed by atoms with van der Waals surface area (Å²) in [7, 11) is 0. The molecule has 1 aliphatic rings. The zero-order chi connectivity index (χ0) is 11.3. The third kappa shape index (κ3) is 2.87. The van der Waals surface area contributed by atoms with Crippen LogP contribution in [0.4, 0.5) is 0 Å². The van der Waals surface area contributed by atoms with Crippen LogP contribution < -0.4 is 5.32 Å². The Morgan fingerprint density at radius 3 is 2.47 bits per heavy atom. The van der Waals surface area contributed by atoms with Gasteiger partial charge in [-0.05, 0) is 45.4 Å². The van der Waals surface area contributed by atoms with Gasteiger partial charge in [-0.25, -0.2) is 0 Å². The normalized spacial score (nSPS) is 20.3. The van der Waals surface area contributed by atoms with E-state index in [9.17, 15) is 0 Å². The van der Waals surface area contributed by atoms with Crippen LogP contribution in [0.5, 0.6) is 0 Å². The molecule has 0 aliphatic heterocycles. The van der Waals surface area contributed by atoms with Gasteiger partial charge in [0.1, 0.15) is 0 Å². The summed E-state index contributed by atoms with van der Waals surface area (Å²) in [5.41, 5.74) is 3.19. The lowest BCUT2D eigenvalue weighted by Crippen LogP contribution is -2.23. The Hall–Kier alpha value is -0.720. The second-order valence-electron chi connectivity index (χ2n) is 4.77. The first-order valence-electron chi connectivity index (χ1n) is 6.19. The van der Waals surface area contributed by atoms with Crippen molar-refractivity contribution in [3.8, 4) is 0 Å². The fraction of sp³-hybridized carbons (Fsp3) is 0.714. The molecule has 1 aliphatic carbocycles. The van der Waals surface area contributed by atoms with E-state index in [0.717, 1.165) is 13.0 Å². The molecule has 1 saturated carbocycles. The predicted molar refractivity (Wildman–Crippen MR) is 67.8 cm³/mol. The molecule has 0 bridgehead atoms. The zero-order valence-electron chi connectivity index (χ0n) is 10.5. The van der Waals surface area contributed by atoms with Gasteiger partial charge < -0.3 is 5.32 Å². The van der Waals surface area contributed by atoms with E-state index in [0.29, 0.717) is 5.41 Å². The average Bonchev–Trinajstić information content (AvgIpc) is 2.66. The minimum atomic E-state index is 0.425. The molecule has 0 radical (unpaired) electrons. The van der Waals surface area contributed by atoms with Crippen LogP contribution in [0.25, 0.3) is 0 Å². The van der Waals surface area contributed by atoms with Gasteiger partial charge in [-0.15, -0.1) is 0 Å². The standard InChI is InChI=1S/C14H25N/c1-5-12(3)14(9-7-8-10-14)11-13(4)15-6-2/h5,15H,4,6-11H2,1-3H3/b12-5+. The van der Waals surface area contributed by atoms with Crippen molar-refractivity contribution >= 4 is 0 Å². The highest BCUT2D eigenvalue weighted by Gasteiger charge is 2.35. The van der Waals surface area contributed by atoms with E-state index in [1.807, 2.05) is 0 Å². The van der Waals surface area contributed by atoms with Crippen LogP contribution in [0, 0.1) is 5.41 Å². The van der Waals surface area contributed by atoms with Crippen LogP contribution in [0.2, 0.25) is 0 Å². The van der Waals surface area contributed by atoms with Gasteiger partial charge in [0.05, 0.1) is 0 Å². The highest BCUT2D eigenvalue weighted by Crippen LogP contribution is 2.47. The highest BCUT2D eigenvalue weighted by molar-refractivity contribution is 5.17. The summed E-state index contributed by atoms with van der Waals surface area (Å²) in [6.07, 6.45) is 8.85. The molecular formula is C14H25N. The summed E-state index contributed by atoms with van der Waals surface area (Å²) in [6.45, 7) is 11.7. The quantitative estimate of drug-likeness (QED) is 0.671. The van der Waals surface area contributed by atoms with Crippen molar-refractivity contribution < 1.29 is 0 Å². The summed E-state index contributed by atoms with van der Waals surface area (Å²) in [6, 6.07) is 0. The van der Waals surface area contributed by atoms with Crippen molar-refractivity contribution in [2.24, 2.45) is 5.41 Å². The molecule has 0 amide bonds. The molecule has 1 heteroatoms. The minimum Gasteiger partial charge on any atom is -0.389 e. The number of hydrogen-bond acceptors (Lipinski definition) is 1. The van der Waals surface area contributed by atoms with Crippen molar-refractivity contribution in [2.75, 3.05) is 6.54 Å². The van der Waals surface area contributed by atoms with Crippen LogP contribution in [0.1, 0.15) is 52.9 Å². The van der Waals surface area contributed by atoms with Gasteiger partial charge in [0.2, 0.25) is 0 Å². The first-order valence-corrected chi connectivity index (χ1v) is 6.19. The molecule has 0 aromatic heterocycles. The van der Waals surface area contributed by atoms with Gasteiger partial charge >= 0.3 is 0 Å². The smallest absolute Gasteiger partial charge is 0.0115 e. The summed E-state index contributed by atoms with van der Waals surface area (Å²) < 4.78 is 0. The summed E-state index contributed by atoms with van der Waals surface area (Å²) in [5, 5.41) is 3.35. The van der Waals surface area contributed by atoms with Crippen molar-refractivity contribution in [3.05, 3.63) is 23.9 Å². The molecule has 1 rings (SSSR count). The van der Waals surface area contributed by atoms with Gasteiger partial charge in [-0.3, -0.25) is 0 Å². The lowest BCUT2D eigenvalue weighted by atomic mass is 9.75. The maximum Gasteiger partial charge on any atom is 0.0115 e. The highest BCUT2D eigenvalue weighted by atomic mass is 14.9. The van der Waals surface area contributed by atoms with Crippen molar-refractivity contribution in [1.82, 2.24) is 5.32 Å². The molecule has 1 fully saturated rings. The molecule has 0 unspecified atom stereocenters. The van der Waals surface area contributed by atoms with Crippen molar-refractivity contribution in [2.45, 2.75) is 52.9 Å². The summed E-state index contributed by atoms with van der Waals surface area (Å²) in [5.74, 6) is 0. The Labute approximate surface area is 94.6 Å². The van der Waals surface area contributed by atoms with E-state index < -0.39 is 0 Å². The first kappa shape index (κ1) is 12.4. The third-order valence-electron chi connectivity index (χ3n) is 3.81. The van der Waals surface area contributed by atoms with Crippen LogP contribution in [0.15, 0.2) is 23.9 Å². The number of nitrogens with one attached hydrogen (secondary N) is 1. The predicted octanol–water partition coefficient (Wildman–Crippen LogP) is 4.03. The molecule has 86 valence electrons. The van der Waals surface area contributed by atoms with Crippen LogP contribution in [-0.2, 0) is 0 Å². The fourth-order valence-electron chi connectivity index (χ4n) is 2.79. The van der Waals surface area contributed by atoms with Crippen molar-refractivity contribution in [1.29, 1.82) is 0 Å². The molecule has 0 aromatic rings. The molecule has 0 atom stereocenters. The third-order valence-corrected chi connectivity index (χ3v) is 3.81. The Morgan fingerprint density at radius 2 is 2.00 bits per heavy atom. The molecule has 0 aromatic carbocycles.